The molecule has 1 spiro atoms. The summed E-state index contributed by atoms with van der Waals surface area (Å²) in [7, 11) is 0. The van der Waals surface area contributed by atoms with Crippen molar-refractivity contribution < 1.29 is 9.90 Å². The van der Waals surface area contributed by atoms with Gasteiger partial charge in [0.25, 0.3) is 0 Å². The van der Waals surface area contributed by atoms with Crippen LogP contribution in [0.1, 0.15) is 44.1 Å². The smallest absolute Gasteiger partial charge is 0.303 e. The third-order valence-electron chi connectivity index (χ3n) is 6.93. The molecule has 0 aliphatic heterocycles. The summed E-state index contributed by atoms with van der Waals surface area (Å²) < 4.78 is 0. The number of aliphatic carboxylic acids is 1. The second kappa shape index (κ2) is 5.43. The monoisotopic (exact) mass is 313 g/mol. The first-order valence-corrected chi connectivity index (χ1v) is 8.76. The maximum absolute atomic E-state index is 11.0. The first-order valence-electron chi connectivity index (χ1n) is 8.76. The molecule has 5 unspecified atom stereocenters. The maximum Gasteiger partial charge on any atom is 0.303 e. The number of benzene rings is 1. The predicted octanol–water partition coefficient (Wildman–Crippen LogP) is 4.54. The quantitative estimate of drug-likeness (QED) is 0.784. The van der Waals surface area contributed by atoms with Gasteiger partial charge < -0.3 is 5.11 Å². The van der Waals surface area contributed by atoms with Crippen LogP contribution >= 0.6 is 0 Å². The summed E-state index contributed by atoms with van der Waals surface area (Å²) in [4.78, 5) is 21.7. The van der Waals surface area contributed by atoms with E-state index in [0.29, 0.717) is 29.4 Å². The van der Waals surface area contributed by atoms with E-state index in [1.807, 2.05) is 12.1 Å². The van der Waals surface area contributed by atoms with Gasteiger partial charge in [-0.1, -0.05) is 12.1 Å². The zero-order valence-electron chi connectivity index (χ0n) is 13.3. The molecular formula is C19H23NO3. The molecule has 5 atom stereocenters. The largest absolute Gasteiger partial charge is 0.481 e. The van der Waals surface area contributed by atoms with Crippen molar-refractivity contribution >= 4 is 11.7 Å². The molecule has 3 aliphatic carbocycles. The molecule has 0 heterocycles. The number of nitrogens with zero attached hydrogens (tertiary/aromatic N) is 1. The number of rotatable bonds is 6. The zero-order valence-corrected chi connectivity index (χ0v) is 13.3. The molecule has 3 aliphatic rings. The van der Waals surface area contributed by atoms with Gasteiger partial charge >= 0.3 is 5.97 Å². The number of carboxylic acid groups (broad SMARTS) is 1. The van der Waals surface area contributed by atoms with Crippen LogP contribution in [0, 0.1) is 34.0 Å². The predicted molar refractivity (Wildman–Crippen MR) is 87.3 cm³/mol. The van der Waals surface area contributed by atoms with Gasteiger partial charge in [-0.15, -0.1) is 4.91 Å². The van der Waals surface area contributed by atoms with E-state index in [1.54, 1.807) is 6.07 Å². The van der Waals surface area contributed by atoms with E-state index >= 15 is 0 Å². The van der Waals surface area contributed by atoms with Gasteiger partial charge in [0, 0.05) is 6.42 Å². The molecule has 0 saturated heterocycles. The number of hydrogen-bond acceptors (Lipinski definition) is 3. The Morgan fingerprint density at radius 1 is 1.26 bits per heavy atom. The Morgan fingerprint density at radius 2 is 2.13 bits per heavy atom. The van der Waals surface area contributed by atoms with E-state index in [2.05, 4.69) is 11.2 Å². The lowest BCUT2D eigenvalue weighted by Crippen LogP contribution is -2.51. The van der Waals surface area contributed by atoms with Gasteiger partial charge in [-0.3, -0.25) is 4.79 Å². The van der Waals surface area contributed by atoms with Gasteiger partial charge in [0.2, 0.25) is 0 Å². The fourth-order valence-electron chi connectivity index (χ4n) is 6.21. The number of carbonyl (C=O) groups is 1. The second-order valence-corrected chi connectivity index (χ2v) is 7.88. The first-order chi connectivity index (χ1) is 11.1. The van der Waals surface area contributed by atoms with E-state index in [0.717, 1.165) is 24.7 Å². The SMILES string of the molecule is O=Nc1cccc(CC2CC3CC4CC(CCC(=O)O)C23C4)c1. The van der Waals surface area contributed by atoms with Crippen LogP contribution in [0.4, 0.5) is 5.69 Å². The lowest BCUT2D eigenvalue weighted by atomic mass is 9.47. The summed E-state index contributed by atoms with van der Waals surface area (Å²) in [6.45, 7) is 0. The van der Waals surface area contributed by atoms with Crippen molar-refractivity contribution in [3.63, 3.8) is 0 Å². The normalized spacial score (nSPS) is 37.2. The highest BCUT2D eigenvalue weighted by atomic mass is 16.4. The molecule has 3 saturated carbocycles. The van der Waals surface area contributed by atoms with Crippen molar-refractivity contribution in [2.45, 2.75) is 44.9 Å². The van der Waals surface area contributed by atoms with Crippen LogP contribution in [-0.2, 0) is 11.2 Å². The van der Waals surface area contributed by atoms with Gasteiger partial charge in [-0.2, -0.15) is 0 Å². The Bertz CT molecular complexity index is 643. The third-order valence-corrected chi connectivity index (χ3v) is 6.93. The van der Waals surface area contributed by atoms with Crippen LogP contribution in [0.5, 0.6) is 0 Å². The fourth-order valence-corrected chi connectivity index (χ4v) is 6.21. The Labute approximate surface area is 136 Å². The van der Waals surface area contributed by atoms with E-state index in [9.17, 15) is 9.70 Å². The molecule has 1 aromatic carbocycles. The summed E-state index contributed by atoms with van der Waals surface area (Å²) >= 11 is 0. The topological polar surface area (TPSA) is 66.7 Å². The van der Waals surface area contributed by atoms with E-state index < -0.39 is 5.97 Å². The summed E-state index contributed by atoms with van der Waals surface area (Å²) in [6, 6.07) is 7.65. The molecule has 3 fully saturated rings. The molecule has 4 nitrogen and oxygen atoms in total. The van der Waals surface area contributed by atoms with Crippen LogP contribution in [-0.4, -0.2) is 11.1 Å². The number of nitroso groups, excluding NO2 is 1. The minimum Gasteiger partial charge on any atom is -0.481 e. The van der Waals surface area contributed by atoms with Crippen molar-refractivity contribution in [3.05, 3.63) is 34.7 Å². The average Bonchev–Trinajstić information content (AvgIpc) is 3.05. The van der Waals surface area contributed by atoms with Crippen LogP contribution in [0.25, 0.3) is 0 Å². The fraction of sp³-hybridized carbons (Fsp3) is 0.632. The molecule has 0 radical (unpaired) electrons. The van der Waals surface area contributed by atoms with E-state index in [1.165, 1.54) is 31.2 Å². The molecule has 2 bridgehead atoms. The van der Waals surface area contributed by atoms with Crippen molar-refractivity contribution in [1.82, 2.24) is 0 Å². The molecule has 122 valence electrons. The van der Waals surface area contributed by atoms with Gasteiger partial charge in [0.1, 0.15) is 5.69 Å². The van der Waals surface area contributed by atoms with Crippen LogP contribution in [0.15, 0.2) is 29.4 Å². The minimum absolute atomic E-state index is 0.309. The number of carboxylic acids is 1. The Kier molecular flexibility index (Phi) is 3.51. The summed E-state index contributed by atoms with van der Waals surface area (Å²) in [5, 5.41) is 12.1. The summed E-state index contributed by atoms with van der Waals surface area (Å²) in [5.74, 6) is 2.22. The maximum atomic E-state index is 11.0. The Morgan fingerprint density at radius 3 is 2.87 bits per heavy atom. The van der Waals surface area contributed by atoms with Crippen molar-refractivity contribution in [2.75, 3.05) is 0 Å². The van der Waals surface area contributed by atoms with Crippen LogP contribution in [0.2, 0.25) is 0 Å². The van der Waals surface area contributed by atoms with Gasteiger partial charge in [-0.05, 0) is 90.5 Å². The van der Waals surface area contributed by atoms with Crippen molar-refractivity contribution in [3.8, 4) is 0 Å². The van der Waals surface area contributed by atoms with Crippen LogP contribution in [0.3, 0.4) is 0 Å². The third kappa shape index (κ3) is 2.30. The summed E-state index contributed by atoms with van der Waals surface area (Å²) in [6.07, 6.45) is 7.33. The standard InChI is InChI=1S/C19H23NO3/c21-18(22)5-4-14-7-13-8-16-10-15(19(14,16)11-13)6-12-2-1-3-17(9-12)20-23/h1-3,9,13-16H,4-8,10-11H2,(H,21,22). The van der Waals surface area contributed by atoms with Crippen molar-refractivity contribution in [1.29, 1.82) is 0 Å². The lowest BCUT2D eigenvalue weighted by molar-refractivity contribution is -0.138. The molecule has 1 aromatic rings. The second-order valence-electron chi connectivity index (χ2n) is 7.88. The van der Waals surface area contributed by atoms with Gasteiger partial charge in [0.05, 0.1) is 0 Å². The lowest BCUT2D eigenvalue weighted by Gasteiger charge is -2.57. The van der Waals surface area contributed by atoms with Crippen LogP contribution < -0.4 is 0 Å². The Hall–Kier alpha value is -1.71. The minimum atomic E-state index is -0.665. The number of fused-ring (bicyclic) bond motifs is 1. The summed E-state index contributed by atoms with van der Waals surface area (Å²) in [5.41, 5.74) is 2.10. The average molecular weight is 313 g/mol. The van der Waals surface area contributed by atoms with E-state index in [4.69, 9.17) is 5.11 Å². The Balaban J connectivity index is 1.51. The number of hydrogen-bond donors (Lipinski definition) is 1. The molecule has 0 amide bonds. The van der Waals surface area contributed by atoms with Gasteiger partial charge in [0.15, 0.2) is 0 Å². The zero-order chi connectivity index (χ0) is 16.0. The van der Waals surface area contributed by atoms with E-state index in [-0.39, 0.29) is 0 Å². The molecular weight excluding hydrogens is 290 g/mol. The molecule has 4 rings (SSSR count). The van der Waals surface area contributed by atoms with Gasteiger partial charge in [-0.25, -0.2) is 0 Å². The highest BCUT2D eigenvalue weighted by Gasteiger charge is 2.66. The molecule has 1 N–H and O–H groups in total. The molecule has 4 heteroatoms. The first kappa shape index (κ1) is 14.9. The highest BCUT2D eigenvalue weighted by Crippen LogP contribution is 2.74. The highest BCUT2D eigenvalue weighted by molar-refractivity contribution is 5.66. The van der Waals surface area contributed by atoms with Crippen molar-refractivity contribution in [2.24, 2.45) is 34.3 Å². The molecule has 23 heavy (non-hydrogen) atoms. The molecule has 0 aromatic heterocycles.